The molecule has 3 rings (SSSR count). The number of carbonyl (C=O) groups excluding carboxylic acids is 1. The number of hydrogen-bond acceptors (Lipinski definition) is 3. The second kappa shape index (κ2) is 7.88. The van der Waals surface area contributed by atoms with Crippen LogP contribution in [-0.4, -0.2) is 24.3 Å². The molecular formula is C19H18F2N2O2. The first kappa shape index (κ1) is 17.1. The monoisotopic (exact) mass is 344 g/mol. The van der Waals surface area contributed by atoms with Crippen molar-refractivity contribution in [3.8, 4) is 0 Å². The summed E-state index contributed by atoms with van der Waals surface area (Å²) in [6, 6.07) is 12.5. The van der Waals surface area contributed by atoms with Crippen LogP contribution in [0, 0.1) is 11.6 Å². The number of nitrogens with zero attached hydrogens (tertiary/aromatic N) is 1. The van der Waals surface area contributed by atoms with Crippen molar-refractivity contribution >= 4 is 11.6 Å². The zero-order valence-corrected chi connectivity index (χ0v) is 13.5. The molecule has 0 spiro atoms. The normalized spacial score (nSPS) is 16.2. The Labute approximate surface area is 144 Å². The van der Waals surface area contributed by atoms with Gasteiger partial charge in [0.2, 0.25) is 6.10 Å². The zero-order valence-electron chi connectivity index (χ0n) is 13.5. The minimum atomic E-state index is -0.687. The van der Waals surface area contributed by atoms with E-state index in [4.69, 9.17) is 4.84 Å². The van der Waals surface area contributed by atoms with Gasteiger partial charge in [-0.2, -0.15) is 0 Å². The Bertz CT molecular complexity index is 775. The highest BCUT2D eigenvalue weighted by atomic mass is 19.1. The summed E-state index contributed by atoms with van der Waals surface area (Å²) in [5.74, 6) is -0.813. The van der Waals surface area contributed by atoms with Crippen LogP contribution in [0.5, 0.6) is 0 Å². The fourth-order valence-electron chi connectivity index (χ4n) is 2.64. The van der Waals surface area contributed by atoms with Gasteiger partial charge >= 0.3 is 0 Å². The predicted molar refractivity (Wildman–Crippen MR) is 90.2 cm³/mol. The van der Waals surface area contributed by atoms with E-state index in [-0.39, 0.29) is 17.5 Å². The number of hydrogen-bond donors (Lipinski definition) is 1. The first-order valence-corrected chi connectivity index (χ1v) is 8.13. The second-order valence-corrected chi connectivity index (χ2v) is 5.83. The number of oxime groups is 1. The van der Waals surface area contributed by atoms with Crippen molar-refractivity contribution in [1.29, 1.82) is 0 Å². The maximum Gasteiger partial charge on any atom is 0.264 e. The van der Waals surface area contributed by atoms with E-state index in [0.29, 0.717) is 37.1 Å². The number of halogens is 2. The average Bonchev–Trinajstić information content (AvgIpc) is 3.11. The highest BCUT2D eigenvalue weighted by Gasteiger charge is 2.28. The fourth-order valence-corrected chi connectivity index (χ4v) is 2.64. The number of rotatable bonds is 6. The minimum Gasteiger partial charge on any atom is -0.382 e. The highest BCUT2D eigenvalue weighted by molar-refractivity contribution is 6.04. The molecule has 4 nitrogen and oxygen atoms in total. The van der Waals surface area contributed by atoms with Crippen molar-refractivity contribution < 1.29 is 18.4 Å². The van der Waals surface area contributed by atoms with E-state index in [9.17, 15) is 13.6 Å². The van der Waals surface area contributed by atoms with Gasteiger partial charge < -0.3 is 10.2 Å². The van der Waals surface area contributed by atoms with Crippen LogP contribution in [0.2, 0.25) is 0 Å². The lowest BCUT2D eigenvalue weighted by Crippen LogP contribution is -2.35. The number of benzene rings is 2. The summed E-state index contributed by atoms with van der Waals surface area (Å²) >= 11 is 0. The molecule has 0 aliphatic carbocycles. The largest absolute Gasteiger partial charge is 0.382 e. The summed E-state index contributed by atoms with van der Waals surface area (Å²) in [5.41, 5.74) is 1.98. The molecule has 1 aliphatic rings. The first-order valence-electron chi connectivity index (χ1n) is 8.13. The van der Waals surface area contributed by atoms with Crippen molar-refractivity contribution in [2.75, 3.05) is 6.54 Å². The van der Waals surface area contributed by atoms with E-state index in [0.717, 1.165) is 5.56 Å². The third kappa shape index (κ3) is 4.41. The minimum absolute atomic E-state index is 0.231. The molecule has 0 aromatic heterocycles. The molecule has 2 aromatic carbocycles. The van der Waals surface area contributed by atoms with Crippen LogP contribution < -0.4 is 5.32 Å². The van der Waals surface area contributed by atoms with Crippen molar-refractivity contribution in [2.45, 2.75) is 25.4 Å². The summed E-state index contributed by atoms with van der Waals surface area (Å²) in [6.07, 6.45) is 0.833. The molecular weight excluding hydrogens is 326 g/mol. The second-order valence-electron chi connectivity index (χ2n) is 5.83. The SMILES string of the molecule is O=C(NCCCc1ccccc1F)C1CC(c2ccc(F)cc2)=NO1. The number of nitrogens with one attached hydrogen (secondary N) is 1. The molecule has 1 aliphatic heterocycles. The Morgan fingerprint density at radius 2 is 1.92 bits per heavy atom. The Morgan fingerprint density at radius 3 is 2.68 bits per heavy atom. The number of aryl methyl sites for hydroxylation is 1. The van der Waals surface area contributed by atoms with Crippen LogP contribution in [0.15, 0.2) is 53.7 Å². The quantitative estimate of drug-likeness (QED) is 0.818. The predicted octanol–water partition coefficient (Wildman–Crippen LogP) is 3.21. The number of carbonyl (C=O) groups is 1. The molecule has 2 aromatic rings. The van der Waals surface area contributed by atoms with Gasteiger partial charge in [0.05, 0.1) is 5.71 Å². The van der Waals surface area contributed by atoms with Crippen LogP contribution in [0.4, 0.5) is 8.78 Å². The Morgan fingerprint density at radius 1 is 1.16 bits per heavy atom. The molecule has 0 saturated heterocycles. The lowest BCUT2D eigenvalue weighted by molar-refractivity contribution is -0.131. The van der Waals surface area contributed by atoms with Crippen molar-refractivity contribution in [1.82, 2.24) is 5.32 Å². The molecule has 0 bridgehead atoms. The maximum atomic E-state index is 13.5. The van der Waals surface area contributed by atoms with Gasteiger partial charge in [0.25, 0.3) is 5.91 Å². The summed E-state index contributed by atoms with van der Waals surface area (Å²) in [5, 5.41) is 6.69. The van der Waals surface area contributed by atoms with E-state index in [1.807, 2.05) is 0 Å². The first-order chi connectivity index (χ1) is 12.1. The lowest BCUT2D eigenvalue weighted by Gasteiger charge is -2.09. The van der Waals surface area contributed by atoms with E-state index in [1.54, 1.807) is 30.3 Å². The van der Waals surface area contributed by atoms with E-state index in [2.05, 4.69) is 10.5 Å². The summed E-state index contributed by atoms with van der Waals surface area (Å²) < 4.78 is 26.4. The standard InChI is InChI=1S/C19H18F2N2O2/c20-15-9-7-14(8-10-15)17-12-18(25-23-17)19(24)22-11-3-5-13-4-1-2-6-16(13)21/h1-2,4,6-10,18H,3,5,11-12H2,(H,22,24). The summed E-state index contributed by atoms with van der Waals surface area (Å²) in [7, 11) is 0. The van der Waals surface area contributed by atoms with E-state index in [1.165, 1.54) is 18.2 Å². The third-order valence-corrected chi connectivity index (χ3v) is 4.02. The number of amides is 1. The smallest absolute Gasteiger partial charge is 0.264 e. The van der Waals surface area contributed by atoms with Crippen molar-refractivity contribution in [2.24, 2.45) is 5.16 Å². The van der Waals surface area contributed by atoms with Gasteiger partial charge in [0, 0.05) is 13.0 Å². The third-order valence-electron chi connectivity index (χ3n) is 4.02. The molecule has 1 atom stereocenters. The lowest BCUT2D eigenvalue weighted by atomic mass is 10.0. The van der Waals surface area contributed by atoms with Gasteiger partial charge in [-0.05, 0) is 42.2 Å². The van der Waals surface area contributed by atoms with E-state index >= 15 is 0 Å². The molecule has 1 N–H and O–H groups in total. The maximum absolute atomic E-state index is 13.5. The van der Waals surface area contributed by atoms with Gasteiger partial charge in [-0.1, -0.05) is 35.5 Å². The van der Waals surface area contributed by atoms with Crippen molar-refractivity contribution in [3.05, 3.63) is 71.3 Å². The van der Waals surface area contributed by atoms with Gasteiger partial charge in [0.1, 0.15) is 11.6 Å². The van der Waals surface area contributed by atoms with Crippen LogP contribution in [-0.2, 0) is 16.1 Å². The molecule has 25 heavy (non-hydrogen) atoms. The van der Waals surface area contributed by atoms with Gasteiger partial charge in [-0.3, -0.25) is 4.79 Å². The average molecular weight is 344 g/mol. The fraction of sp³-hybridized carbons (Fsp3) is 0.263. The van der Waals surface area contributed by atoms with Gasteiger partial charge in [-0.15, -0.1) is 0 Å². The highest BCUT2D eigenvalue weighted by Crippen LogP contribution is 2.17. The Kier molecular flexibility index (Phi) is 5.38. The van der Waals surface area contributed by atoms with Crippen molar-refractivity contribution in [3.63, 3.8) is 0 Å². The summed E-state index contributed by atoms with van der Waals surface area (Å²) in [4.78, 5) is 17.3. The molecule has 1 amide bonds. The summed E-state index contributed by atoms with van der Waals surface area (Å²) in [6.45, 7) is 0.429. The van der Waals surface area contributed by atoms with Crippen LogP contribution in [0.1, 0.15) is 24.0 Å². The van der Waals surface area contributed by atoms with Crippen LogP contribution in [0.25, 0.3) is 0 Å². The topological polar surface area (TPSA) is 50.7 Å². The molecule has 0 fully saturated rings. The van der Waals surface area contributed by atoms with Gasteiger partial charge in [-0.25, -0.2) is 8.78 Å². The van der Waals surface area contributed by atoms with Crippen LogP contribution >= 0.6 is 0 Å². The Balaban J connectivity index is 1.42. The van der Waals surface area contributed by atoms with E-state index < -0.39 is 6.10 Å². The molecule has 1 heterocycles. The molecule has 130 valence electrons. The molecule has 6 heteroatoms. The zero-order chi connectivity index (χ0) is 17.6. The molecule has 1 unspecified atom stereocenters. The molecule has 0 saturated carbocycles. The van der Waals surface area contributed by atoms with Gasteiger partial charge in [0.15, 0.2) is 0 Å². The molecule has 0 radical (unpaired) electrons. The van der Waals surface area contributed by atoms with Crippen LogP contribution in [0.3, 0.4) is 0 Å². The Hall–Kier alpha value is -2.76.